The lowest BCUT2D eigenvalue weighted by Crippen LogP contribution is -2.12. The predicted octanol–water partition coefficient (Wildman–Crippen LogP) is 1.45. The first kappa shape index (κ1) is 11.0. The van der Waals surface area contributed by atoms with Crippen molar-refractivity contribution in [1.29, 1.82) is 0 Å². The minimum Gasteiger partial charge on any atom is -0.396 e. The summed E-state index contributed by atoms with van der Waals surface area (Å²) < 4.78 is 13.1. The van der Waals surface area contributed by atoms with Gasteiger partial charge >= 0.3 is 0 Å². The van der Waals surface area contributed by atoms with Gasteiger partial charge in [0.2, 0.25) is 0 Å². The molecule has 17 heavy (non-hydrogen) atoms. The van der Waals surface area contributed by atoms with Crippen LogP contribution in [-0.2, 0) is 0 Å². The van der Waals surface area contributed by atoms with E-state index in [0.29, 0.717) is 11.3 Å². The number of aromatic nitrogens is 2. The molecule has 0 bridgehead atoms. The molecule has 1 aromatic carbocycles. The summed E-state index contributed by atoms with van der Waals surface area (Å²) >= 11 is 0. The molecule has 0 radical (unpaired) electrons. The molecule has 1 aromatic heterocycles. The van der Waals surface area contributed by atoms with E-state index >= 15 is 0 Å². The van der Waals surface area contributed by atoms with Gasteiger partial charge in [0.15, 0.2) is 0 Å². The minimum absolute atomic E-state index is 0.0334. The number of hydrogen-bond acceptors (Lipinski definition) is 4. The van der Waals surface area contributed by atoms with Crippen molar-refractivity contribution in [2.24, 2.45) is 0 Å². The molecule has 3 N–H and O–H groups in total. The molecule has 0 fully saturated rings. The lowest BCUT2D eigenvalue weighted by Gasteiger charge is -2.05. The Labute approximate surface area is 96.5 Å². The van der Waals surface area contributed by atoms with E-state index in [1.807, 2.05) is 0 Å². The molecule has 5 nitrogen and oxygen atoms in total. The van der Waals surface area contributed by atoms with Gasteiger partial charge in [0.25, 0.3) is 5.91 Å². The summed E-state index contributed by atoms with van der Waals surface area (Å²) in [5.41, 5.74) is 5.98. The molecule has 2 rings (SSSR count). The third kappa shape index (κ3) is 2.54. The van der Waals surface area contributed by atoms with Crippen LogP contribution in [0.1, 0.15) is 10.4 Å². The van der Waals surface area contributed by atoms with Crippen LogP contribution < -0.4 is 11.1 Å². The number of amides is 1. The summed E-state index contributed by atoms with van der Waals surface area (Å²) in [5, 5.41) is 2.51. The molecule has 1 heterocycles. The van der Waals surface area contributed by atoms with Crippen LogP contribution >= 0.6 is 0 Å². The number of rotatable bonds is 2. The average molecular weight is 232 g/mol. The number of hydrogen-bond donors (Lipinski definition) is 2. The fraction of sp³-hybridized carbons (Fsp3) is 0. The van der Waals surface area contributed by atoms with Crippen LogP contribution in [0, 0.1) is 5.82 Å². The zero-order valence-electron chi connectivity index (χ0n) is 8.72. The van der Waals surface area contributed by atoms with E-state index < -0.39 is 11.7 Å². The van der Waals surface area contributed by atoms with E-state index in [0.717, 1.165) is 6.07 Å². The predicted molar refractivity (Wildman–Crippen MR) is 60.8 cm³/mol. The monoisotopic (exact) mass is 232 g/mol. The molecule has 0 spiro atoms. The van der Waals surface area contributed by atoms with Crippen LogP contribution in [0.15, 0.2) is 36.9 Å². The second kappa shape index (κ2) is 4.56. The lowest BCUT2D eigenvalue weighted by atomic mass is 10.2. The molecular formula is C11H9FN4O. The van der Waals surface area contributed by atoms with Crippen molar-refractivity contribution in [2.45, 2.75) is 0 Å². The van der Waals surface area contributed by atoms with Crippen molar-refractivity contribution in [2.75, 3.05) is 11.1 Å². The maximum Gasteiger partial charge on any atom is 0.258 e. The maximum atomic E-state index is 13.1. The fourth-order valence-electron chi connectivity index (χ4n) is 1.22. The quantitative estimate of drug-likeness (QED) is 0.768. The third-order valence-corrected chi connectivity index (χ3v) is 2.08. The van der Waals surface area contributed by atoms with Gasteiger partial charge in [-0.2, -0.15) is 0 Å². The van der Waals surface area contributed by atoms with Crippen molar-refractivity contribution < 1.29 is 9.18 Å². The molecule has 0 aliphatic heterocycles. The van der Waals surface area contributed by atoms with Gasteiger partial charge in [0.1, 0.15) is 12.1 Å². The van der Waals surface area contributed by atoms with E-state index in [2.05, 4.69) is 15.3 Å². The highest BCUT2D eigenvalue weighted by molar-refractivity contribution is 6.03. The van der Waals surface area contributed by atoms with Gasteiger partial charge in [-0.25, -0.2) is 14.4 Å². The van der Waals surface area contributed by atoms with Crippen molar-refractivity contribution >= 4 is 17.3 Å². The van der Waals surface area contributed by atoms with E-state index in [1.165, 1.54) is 30.9 Å². The van der Waals surface area contributed by atoms with Gasteiger partial charge < -0.3 is 11.1 Å². The smallest absolute Gasteiger partial charge is 0.258 e. The van der Waals surface area contributed by atoms with E-state index in [-0.39, 0.29) is 5.69 Å². The van der Waals surface area contributed by atoms with E-state index in [1.54, 1.807) is 0 Å². The van der Waals surface area contributed by atoms with Crippen molar-refractivity contribution in [3.05, 3.63) is 48.3 Å². The summed E-state index contributed by atoms with van der Waals surface area (Å²) in [7, 11) is 0. The molecule has 0 aliphatic rings. The number of carbonyl (C=O) groups excluding carboxylic acids is 1. The Bertz CT molecular complexity index is 544. The first-order chi connectivity index (χ1) is 8.16. The molecule has 0 unspecified atom stereocenters. The summed E-state index contributed by atoms with van der Waals surface area (Å²) in [5.74, 6) is -0.984. The standard InChI is InChI=1S/C11H9FN4O/c12-9-3-8(1-2-10(9)13)16-11(17)7-4-14-6-15-5-7/h1-6H,13H2,(H,16,17). The highest BCUT2D eigenvalue weighted by atomic mass is 19.1. The highest BCUT2D eigenvalue weighted by Gasteiger charge is 2.07. The number of nitrogens with one attached hydrogen (secondary N) is 1. The van der Waals surface area contributed by atoms with E-state index in [4.69, 9.17) is 5.73 Å². The second-order valence-corrected chi connectivity index (χ2v) is 3.32. The van der Waals surface area contributed by atoms with Crippen LogP contribution in [0.25, 0.3) is 0 Å². The normalized spacial score (nSPS) is 9.94. The van der Waals surface area contributed by atoms with Gasteiger partial charge in [0, 0.05) is 18.1 Å². The number of anilines is 2. The molecule has 86 valence electrons. The zero-order valence-corrected chi connectivity index (χ0v) is 8.72. The Morgan fingerprint density at radius 2 is 2.00 bits per heavy atom. The number of carbonyl (C=O) groups is 1. The Balaban J connectivity index is 2.16. The first-order valence-corrected chi connectivity index (χ1v) is 4.78. The number of nitrogens with two attached hydrogens (primary N) is 1. The summed E-state index contributed by atoms with van der Waals surface area (Å²) in [6, 6.07) is 4.05. The Hall–Kier alpha value is -2.50. The summed E-state index contributed by atoms with van der Waals surface area (Å²) in [6.45, 7) is 0. The molecule has 2 aromatic rings. The van der Waals surface area contributed by atoms with Crippen LogP contribution in [0.3, 0.4) is 0 Å². The molecular weight excluding hydrogens is 223 g/mol. The Kier molecular flexibility index (Phi) is 2.95. The molecule has 6 heteroatoms. The van der Waals surface area contributed by atoms with Gasteiger partial charge in [-0.15, -0.1) is 0 Å². The van der Waals surface area contributed by atoms with Crippen molar-refractivity contribution in [1.82, 2.24) is 9.97 Å². The van der Waals surface area contributed by atoms with Crippen LogP contribution in [-0.4, -0.2) is 15.9 Å². The molecule has 1 amide bonds. The van der Waals surface area contributed by atoms with Crippen LogP contribution in [0.5, 0.6) is 0 Å². The summed E-state index contributed by atoms with van der Waals surface area (Å²) in [6.07, 6.45) is 4.06. The molecule has 0 saturated carbocycles. The van der Waals surface area contributed by atoms with Crippen molar-refractivity contribution in [3.8, 4) is 0 Å². The van der Waals surface area contributed by atoms with Crippen LogP contribution in [0.2, 0.25) is 0 Å². The van der Waals surface area contributed by atoms with E-state index in [9.17, 15) is 9.18 Å². The Morgan fingerprint density at radius 3 is 2.65 bits per heavy atom. The molecule has 0 atom stereocenters. The maximum absolute atomic E-state index is 13.1. The fourth-order valence-corrected chi connectivity index (χ4v) is 1.22. The Morgan fingerprint density at radius 1 is 1.29 bits per heavy atom. The summed E-state index contributed by atoms with van der Waals surface area (Å²) in [4.78, 5) is 19.1. The topological polar surface area (TPSA) is 80.9 Å². The number of benzene rings is 1. The SMILES string of the molecule is Nc1ccc(NC(=O)c2cncnc2)cc1F. The highest BCUT2D eigenvalue weighted by Crippen LogP contribution is 2.16. The van der Waals surface area contributed by atoms with Gasteiger partial charge in [-0.1, -0.05) is 0 Å². The van der Waals surface area contributed by atoms with Gasteiger partial charge in [-0.3, -0.25) is 4.79 Å². The lowest BCUT2D eigenvalue weighted by molar-refractivity contribution is 0.102. The van der Waals surface area contributed by atoms with Crippen LogP contribution in [0.4, 0.5) is 15.8 Å². The average Bonchev–Trinajstić information content (AvgIpc) is 2.35. The number of nitrogen functional groups attached to an aromatic ring is 1. The largest absolute Gasteiger partial charge is 0.396 e. The number of halogens is 1. The first-order valence-electron chi connectivity index (χ1n) is 4.78. The van der Waals surface area contributed by atoms with Gasteiger partial charge in [0.05, 0.1) is 11.3 Å². The molecule has 0 aliphatic carbocycles. The minimum atomic E-state index is -0.577. The number of nitrogens with zero attached hydrogens (tertiary/aromatic N) is 2. The molecule has 0 saturated heterocycles. The second-order valence-electron chi connectivity index (χ2n) is 3.32. The van der Waals surface area contributed by atoms with Gasteiger partial charge in [-0.05, 0) is 18.2 Å². The van der Waals surface area contributed by atoms with Crippen molar-refractivity contribution in [3.63, 3.8) is 0 Å². The zero-order chi connectivity index (χ0) is 12.3. The third-order valence-electron chi connectivity index (χ3n) is 2.08.